The molecule has 2 unspecified atom stereocenters. The lowest BCUT2D eigenvalue weighted by Gasteiger charge is -2.35. The highest BCUT2D eigenvalue weighted by Crippen LogP contribution is 2.47. The van der Waals surface area contributed by atoms with Crippen molar-refractivity contribution in [3.63, 3.8) is 0 Å². The Labute approximate surface area is 225 Å². The second-order valence-corrected chi connectivity index (χ2v) is 10.5. The fraction of sp³-hybridized carbons (Fsp3) is 0.393. The molecule has 2 saturated carbocycles. The third-order valence-electron chi connectivity index (χ3n) is 7.85. The van der Waals surface area contributed by atoms with Crippen LogP contribution in [0.2, 0.25) is 5.02 Å². The number of nitrogens with zero attached hydrogens (tertiary/aromatic N) is 3. The summed E-state index contributed by atoms with van der Waals surface area (Å²) in [5.74, 6) is -0.889. The molecule has 0 bridgehead atoms. The van der Waals surface area contributed by atoms with Crippen molar-refractivity contribution in [1.82, 2.24) is 25.2 Å². The Morgan fingerprint density at radius 1 is 1.13 bits per heavy atom. The zero-order valence-electron chi connectivity index (χ0n) is 21.4. The summed E-state index contributed by atoms with van der Waals surface area (Å²) in [5.41, 5.74) is 3.47. The van der Waals surface area contributed by atoms with Crippen molar-refractivity contribution in [3.8, 4) is 0 Å². The Hall–Kier alpha value is -3.72. The molecular weight excluding hydrogens is 506 g/mol. The van der Waals surface area contributed by atoms with Crippen LogP contribution in [0.5, 0.6) is 0 Å². The van der Waals surface area contributed by atoms with Gasteiger partial charge in [0.05, 0.1) is 19.2 Å². The molecule has 4 atom stereocenters. The predicted molar refractivity (Wildman–Crippen MR) is 142 cm³/mol. The second-order valence-electron chi connectivity index (χ2n) is 10.0. The van der Waals surface area contributed by atoms with Crippen molar-refractivity contribution in [2.75, 3.05) is 7.11 Å². The number of methoxy groups -OCH3 is 1. The molecule has 10 heteroatoms. The summed E-state index contributed by atoms with van der Waals surface area (Å²) in [6.45, 7) is 6.39. The molecule has 0 saturated heterocycles. The fourth-order valence-corrected chi connectivity index (χ4v) is 5.98. The summed E-state index contributed by atoms with van der Waals surface area (Å²) in [5, 5.41) is 10.9. The SMILES string of the molecule is C=C1C(C(=O)OC)CC[C@@H]2C1CC[C@@H]2NC(=O)c1cc(C(=O)NCc2ccc(C)c(Cl)c2)nc2ccnn12. The number of rotatable bonds is 6. The number of carbonyl (C=O) groups is 3. The number of hydrogen-bond acceptors (Lipinski definition) is 6. The van der Waals surface area contributed by atoms with Crippen molar-refractivity contribution >= 4 is 35.0 Å². The standard InChI is InChI=1S/C28H30ClN5O4/c1-15-4-5-17(12-21(15)29)14-30-26(35)23-13-24(34-25(32-23)10-11-31-34)27(36)33-22-9-8-18-16(2)19(28(37)38-3)6-7-20(18)22/h4-5,10-13,18-20,22H,2,6-9,14H2,1,3H3,(H,30,35)(H,33,36)/t18?,19?,20-,22+/m1/s1. The third kappa shape index (κ3) is 4.90. The van der Waals surface area contributed by atoms with Gasteiger partial charge in [0.1, 0.15) is 11.4 Å². The molecule has 2 aliphatic carbocycles. The molecule has 38 heavy (non-hydrogen) atoms. The summed E-state index contributed by atoms with van der Waals surface area (Å²) in [7, 11) is 1.40. The molecule has 2 heterocycles. The quantitative estimate of drug-likeness (QED) is 0.365. The van der Waals surface area contributed by atoms with E-state index in [1.54, 1.807) is 12.3 Å². The number of esters is 1. The number of aryl methyl sites for hydroxylation is 1. The molecule has 2 aliphatic rings. The first-order chi connectivity index (χ1) is 18.3. The van der Waals surface area contributed by atoms with Crippen LogP contribution < -0.4 is 10.6 Å². The number of aromatic nitrogens is 3. The van der Waals surface area contributed by atoms with E-state index in [2.05, 4.69) is 27.3 Å². The fourth-order valence-electron chi connectivity index (χ4n) is 5.78. The van der Waals surface area contributed by atoms with Crippen LogP contribution in [0.3, 0.4) is 0 Å². The van der Waals surface area contributed by atoms with E-state index >= 15 is 0 Å². The molecule has 2 amide bonds. The topological polar surface area (TPSA) is 115 Å². The van der Waals surface area contributed by atoms with Gasteiger partial charge in [0.25, 0.3) is 11.8 Å². The summed E-state index contributed by atoms with van der Waals surface area (Å²) in [6, 6.07) is 8.66. The summed E-state index contributed by atoms with van der Waals surface area (Å²) in [4.78, 5) is 43.0. The Kier molecular flexibility index (Phi) is 7.21. The molecule has 5 rings (SSSR count). The maximum Gasteiger partial charge on any atom is 0.312 e. The van der Waals surface area contributed by atoms with Crippen LogP contribution in [-0.2, 0) is 16.1 Å². The lowest BCUT2D eigenvalue weighted by molar-refractivity contribution is -0.145. The third-order valence-corrected chi connectivity index (χ3v) is 8.26. The van der Waals surface area contributed by atoms with Crippen LogP contribution in [0.1, 0.15) is 57.8 Å². The maximum absolute atomic E-state index is 13.5. The van der Waals surface area contributed by atoms with Gasteiger partial charge in [-0.05, 0) is 61.6 Å². The van der Waals surface area contributed by atoms with Gasteiger partial charge in [-0.2, -0.15) is 5.10 Å². The predicted octanol–water partition coefficient (Wildman–Crippen LogP) is 3.88. The monoisotopic (exact) mass is 535 g/mol. The average Bonchev–Trinajstić information content (AvgIpc) is 3.56. The molecule has 198 valence electrons. The summed E-state index contributed by atoms with van der Waals surface area (Å²) < 4.78 is 6.39. The second kappa shape index (κ2) is 10.6. The molecule has 1 aromatic carbocycles. The van der Waals surface area contributed by atoms with Crippen LogP contribution >= 0.6 is 11.6 Å². The average molecular weight is 536 g/mol. The first-order valence-electron chi connectivity index (χ1n) is 12.7. The van der Waals surface area contributed by atoms with E-state index in [0.29, 0.717) is 17.1 Å². The van der Waals surface area contributed by atoms with Crippen molar-refractivity contribution in [2.24, 2.45) is 17.8 Å². The molecule has 2 aromatic heterocycles. The van der Waals surface area contributed by atoms with Crippen LogP contribution in [0.15, 0.2) is 48.7 Å². The van der Waals surface area contributed by atoms with E-state index < -0.39 is 5.91 Å². The highest BCUT2D eigenvalue weighted by molar-refractivity contribution is 6.31. The summed E-state index contributed by atoms with van der Waals surface area (Å²) >= 11 is 6.20. The van der Waals surface area contributed by atoms with Crippen LogP contribution in [-0.4, -0.2) is 45.5 Å². The van der Waals surface area contributed by atoms with Crippen molar-refractivity contribution in [2.45, 2.75) is 45.2 Å². The van der Waals surface area contributed by atoms with Crippen molar-refractivity contribution in [1.29, 1.82) is 0 Å². The molecule has 3 aromatic rings. The van der Waals surface area contributed by atoms with Gasteiger partial charge in [-0.3, -0.25) is 14.4 Å². The van der Waals surface area contributed by atoms with Crippen LogP contribution in [0.25, 0.3) is 5.65 Å². The van der Waals surface area contributed by atoms with Gasteiger partial charge in [-0.1, -0.05) is 35.9 Å². The lowest BCUT2D eigenvalue weighted by atomic mass is 9.71. The minimum atomic E-state index is -0.405. The van der Waals surface area contributed by atoms with E-state index in [-0.39, 0.29) is 53.6 Å². The lowest BCUT2D eigenvalue weighted by Crippen LogP contribution is -2.42. The zero-order chi connectivity index (χ0) is 27.0. The van der Waals surface area contributed by atoms with Gasteiger partial charge < -0.3 is 15.4 Å². The number of nitrogens with one attached hydrogen (secondary N) is 2. The van der Waals surface area contributed by atoms with Crippen molar-refractivity contribution < 1.29 is 19.1 Å². The van der Waals surface area contributed by atoms with Gasteiger partial charge in [0, 0.05) is 29.7 Å². The molecule has 9 nitrogen and oxygen atoms in total. The van der Waals surface area contributed by atoms with E-state index in [4.69, 9.17) is 16.3 Å². The number of carbonyl (C=O) groups excluding carboxylic acids is 3. The zero-order valence-corrected chi connectivity index (χ0v) is 22.1. The molecule has 0 aliphatic heterocycles. The Bertz CT molecular complexity index is 1430. The minimum Gasteiger partial charge on any atom is -0.469 e. The highest BCUT2D eigenvalue weighted by Gasteiger charge is 2.45. The van der Waals surface area contributed by atoms with Gasteiger partial charge in [0.2, 0.25) is 0 Å². The van der Waals surface area contributed by atoms with Crippen LogP contribution in [0, 0.1) is 24.7 Å². The van der Waals surface area contributed by atoms with Gasteiger partial charge in [-0.15, -0.1) is 0 Å². The largest absolute Gasteiger partial charge is 0.469 e. The molecule has 2 fully saturated rings. The molecule has 2 N–H and O–H groups in total. The normalized spacial score (nSPS) is 22.7. The number of amides is 2. The first-order valence-corrected chi connectivity index (χ1v) is 13.1. The van der Waals surface area contributed by atoms with E-state index in [0.717, 1.165) is 36.0 Å². The van der Waals surface area contributed by atoms with E-state index in [1.165, 1.54) is 17.7 Å². The Morgan fingerprint density at radius 3 is 2.71 bits per heavy atom. The number of fused-ring (bicyclic) bond motifs is 2. The van der Waals surface area contributed by atoms with Crippen molar-refractivity contribution in [3.05, 3.63) is 76.2 Å². The smallest absolute Gasteiger partial charge is 0.312 e. The maximum atomic E-state index is 13.5. The Morgan fingerprint density at radius 2 is 1.95 bits per heavy atom. The molecule has 0 spiro atoms. The molecular formula is C28H30ClN5O4. The van der Waals surface area contributed by atoms with E-state index in [1.807, 2.05) is 25.1 Å². The number of ether oxygens (including phenoxy) is 1. The number of halogens is 1. The van der Waals surface area contributed by atoms with E-state index in [9.17, 15) is 14.4 Å². The molecule has 0 radical (unpaired) electrons. The first kappa shape index (κ1) is 25.9. The highest BCUT2D eigenvalue weighted by atomic mass is 35.5. The van der Waals surface area contributed by atoms with Crippen LogP contribution in [0.4, 0.5) is 0 Å². The Balaban J connectivity index is 1.31. The van der Waals surface area contributed by atoms with Gasteiger partial charge >= 0.3 is 5.97 Å². The van der Waals surface area contributed by atoms with Gasteiger partial charge in [0.15, 0.2) is 5.65 Å². The van der Waals surface area contributed by atoms with Gasteiger partial charge in [-0.25, -0.2) is 9.50 Å². The minimum absolute atomic E-state index is 0.0646. The summed E-state index contributed by atoms with van der Waals surface area (Å²) in [6.07, 6.45) is 4.64. The number of hydrogen-bond donors (Lipinski definition) is 2. The number of benzene rings is 1.